The fourth-order valence-electron chi connectivity index (χ4n) is 4.31. The second-order valence-electron chi connectivity index (χ2n) is 8.24. The topological polar surface area (TPSA) is 70.4 Å². The molecule has 0 atom stereocenters. The predicted octanol–water partition coefficient (Wildman–Crippen LogP) is 1.37. The summed E-state index contributed by atoms with van der Waals surface area (Å²) in [4.78, 5) is 35.8. The van der Waals surface area contributed by atoms with Crippen LogP contribution in [0.15, 0.2) is 23.4 Å². The molecule has 1 saturated heterocycles. The number of fused-ring (bicyclic) bond motifs is 3. The van der Waals surface area contributed by atoms with E-state index >= 15 is 0 Å². The van der Waals surface area contributed by atoms with Crippen molar-refractivity contribution in [3.8, 4) is 0 Å². The molecule has 1 fully saturated rings. The number of aromatic nitrogens is 4. The normalized spacial score (nSPS) is 18.1. The number of hydrogen-bond donors (Lipinski definition) is 0. The Morgan fingerprint density at radius 1 is 1.10 bits per heavy atom. The van der Waals surface area contributed by atoms with E-state index in [1.165, 1.54) is 10.4 Å². The Bertz CT molecular complexity index is 1120. The van der Waals surface area contributed by atoms with Gasteiger partial charge < -0.3 is 9.80 Å². The fourth-order valence-corrected chi connectivity index (χ4v) is 5.57. The average Bonchev–Trinajstić information content (AvgIpc) is 3.12. The number of nitrogens with zero attached hydrogens (tertiary/aromatic N) is 7. The minimum Gasteiger partial charge on any atom is -0.338 e. The molecular formula is C21H27N7OS. The molecule has 0 radical (unpaired) electrons. The van der Waals surface area contributed by atoms with Gasteiger partial charge in [-0.2, -0.15) is 0 Å². The van der Waals surface area contributed by atoms with Crippen molar-refractivity contribution in [2.24, 2.45) is 0 Å². The largest absolute Gasteiger partial charge is 0.338 e. The van der Waals surface area contributed by atoms with Gasteiger partial charge in [0.25, 0.3) is 5.56 Å². The zero-order chi connectivity index (χ0) is 20.7. The molecule has 8 nitrogen and oxygen atoms in total. The number of rotatable bonds is 4. The van der Waals surface area contributed by atoms with Crippen LogP contribution in [0.1, 0.15) is 16.1 Å². The predicted molar refractivity (Wildman–Crippen MR) is 119 cm³/mol. The Labute approximate surface area is 179 Å². The Kier molecular flexibility index (Phi) is 5.26. The van der Waals surface area contributed by atoms with Crippen LogP contribution in [0.3, 0.4) is 0 Å². The van der Waals surface area contributed by atoms with Gasteiger partial charge in [-0.05, 0) is 32.0 Å². The van der Waals surface area contributed by atoms with Crippen LogP contribution in [-0.4, -0.2) is 75.6 Å². The Morgan fingerprint density at radius 2 is 1.93 bits per heavy atom. The lowest BCUT2D eigenvalue weighted by Gasteiger charge is -2.34. The van der Waals surface area contributed by atoms with Crippen molar-refractivity contribution in [3.05, 3.63) is 45.1 Å². The third-order valence-electron chi connectivity index (χ3n) is 6.11. The summed E-state index contributed by atoms with van der Waals surface area (Å²) in [6.07, 6.45) is 4.49. The van der Waals surface area contributed by atoms with Crippen LogP contribution < -0.4 is 10.5 Å². The minimum atomic E-state index is 0.119. The van der Waals surface area contributed by atoms with Gasteiger partial charge in [0.15, 0.2) is 0 Å². The van der Waals surface area contributed by atoms with Gasteiger partial charge in [0.1, 0.15) is 4.83 Å². The molecule has 0 aliphatic carbocycles. The molecule has 2 aliphatic rings. The molecule has 0 spiro atoms. The van der Waals surface area contributed by atoms with Gasteiger partial charge in [-0.1, -0.05) is 0 Å². The summed E-state index contributed by atoms with van der Waals surface area (Å²) in [7, 11) is 2.13. The zero-order valence-electron chi connectivity index (χ0n) is 17.5. The molecule has 158 valence electrons. The van der Waals surface area contributed by atoms with Gasteiger partial charge in [0.05, 0.1) is 11.7 Å². The lowest BCUT2D eigenvalue weighted by atomic mass is 10.1. The van der Waals surface area contributed by atoms with Crippen molar-refractivity contribution in [1.82, 2.24) is 29.3 Å². The summed E-state index contributed by atoms with van der Waals surface area (Å²) in [6.45, 7) is 9.14. The SMILES string of the molecule is Cc1ccnc(N2CCN(CCn3cnc4sc5c(c4c3=O)CCN(C)C5)CC2)n1. The van der Waals surface area contributed by atoms with E-state index < -0.39 is 0 Å². The van der Waals surface area contributed by atoms with Crippen LogP contribution in [0.5, 0.6) is 0 Å². The highest BCUT2D eigenvalue weighted by Gasteiger charge is 2.23. The first kappa shape index (κ1) is 19.6. The van der Waals surface area contributed by atoms with Crippen molar-refractivity contribution in [2.75, 3.05) is 51.2 Å². The van der Waals surface area contributed by atoms with Gasteiger partial charge in [-0.3, -0.25) is 14.3 Å². The van der Waals surface area contributed by atoms with Crippen LogP contribution in [0.2, 0.25) is 0 Å². The van der Waals surface area contributed by atoms with Gasteiger partial charge in [-0.25, -0.2) is 15.0 Å². The first-order valence-electron chi connectivity index (χ1n) is 10.5. The Balaban J connectivity index is 1.25. The van der Waals surface area contributed by atoms with E-state index in [1.807, 2.05) is 19.2 Å². The molecule has 3 aromatic rings. The quantitative estimate of drug-likeness (QED) is 0.625. The highest BCUT2D eigenvalue weighted by molar-refractivity contribution is 7.18. The van der Waals surface area contributed by atoms with Gasteiger partial charge >= 0.3 is 0 Å². The van der Waals surface area contributed by atoms with Gasteiger partial charge in [0.2, 0.25) is 5.95 Å². The maximum absolute atomic E-state index is 13.2. The smallest absolute Gasteiger partial charge is 0.262 e. The van der Waals surface area contributed by atoms with Crippen LogP contribution in [0, 0.1) is 6.92 Å². The van der Waals surface area contributed by atoms with Gasteiger partial charge in [-0.15, -0.1) is 11.3 Å². The van der Waals surface area contributed by atoms with Crippen LogP contribution in [0.4, 0.5) is 5.95 Å². The minimum absolute atomic E-state index is 0.119. The standard InChI is InChI=1S/C21H27N7OS/c1-15-3-5-22-21(24-15)27-10-7-26(8-11-27)9-12-28-14-23-19-18(20(28)29)16-4-6-25(2)13-17(16)30-19/h3,5,14H,4,6-13H2,1-2H3. The van der Waals surface area contributed by atoms with Crippen molar-refractivity contribution in [2.45, 2.75) is 26.4 Å². The first-order chi connectivity index (χ1) is 14.6. The number of likely N-dealkylation sites (N-methyl/N-ethyl adjacent to an activating group) is 1. The van der Waals surface area contributed by atoms with Crippen molar-refractivity contribution in [1.29, 1.82) is 0 Å². The molecule has 0 bridgehead atoms. The third-order valence-corrected chi connectivity index (χ3v) is 7.24. The molecule has 2 aliphatic heterocycles. The summed E-state index contributed by atoms with van der Waals surface area (Å²) in [5.41, 5.74) is 2.34. The lowest BCUT2D eigenvalue weighted by molar-refractivity contribution is 0.246. The maximum atomic E-state index is 13.2. The van der Waals surface area contributed by atoms with Crippen molar-refractivity contribution in [3.63, 3.8) is 0 Å². The van der Waals surface area contributed by atoms with E-state index in [-0.39, 0.29) is 5.56 Å². The Hall–Kier alpha value is -2.36. The van der Waals surface area contributed by atoms with E-state index in [0.29, 0.717) is 6.54 Å². The summed E-state index contributed by atoms with van der Waals surface area (Å²) in [6, 6.07) is 1.92. The van der Waals surface area contributed by atoms with E-state index in [1.54, 1.807) is 22.2 Å². The number of hydrogen-bond acceptors (Lipinski definition) is 8. The molecule has 5 heterocycles. The van der Waals surface area contributed by atoms with Gasteiger partial charge in [0, 0.05) is 69.1 Å². The number of anilines is 1. The Morgan fingerprint density at radius 3 is 2.73 bits per heavy atom. The highest BCUT2D eigenvalue weighted by atomic mass is 32.1. The molecule has 3 aromatic heterocycles. The van der Waals surface area contributed by atoms with E-state index in [0.717, 1.165) is 74.1 Å². The molecule has 0 aromatic carbocycles. The maximum Gasteiger partial charge on any atom is 0.262 e. The van der Waals surface area contributed by atoms with Crippen LogP contribution >= 0.6 is 11.3 Å². The van der Waals surface area contributed by atoms with E-state index in [4.69, 9.17) is 0 Å². The first-order valence-corrected chi connectivity index (χ1v) is 11.4. The van der Waals surface area contributed by atoms with Crippen molar-refractivity contribution < 1.29 is 0 Å². The number of piperazine rings is 1. The second-order valence-corrected chi connectivity index (χ2v) is 9.33. The molecule has 0 saturated carbocycles. The zero-order valence-corrected chi connectivity index (χ0v) is 18.4. The second kappa shape index (κ2) is 8.05. The molecule has 0 unspecified atom stereocenters. The molecule has 5 rings (SSSR count). The summed E-state index contributed by atoms with van der Waals surface area (Å²) < 4.78 is 1.80. The lowest BCUT2D eigenvalue weighted by Crippen LogP contribution is -2.48. The molecule has 0 amide bonds. The van der Waals surface area contributed by atoms with E-state index in [9.17, 15) is 4.79 Å². The monoisotopic (exact) mass is 425 g/mol. The molecule has 30 heavy (non-hydrogen) atoms. The number of thiophene rings is 1. The fraction of sp³-hybridized carbons (Fsp3) is 0.524. The van der Waals surface area contributed by atoms with Crippen LogP contribution in [-0.2, 0) is 19.5 Å². The third kappa shape index (κ3) is 3.73. The van der Waals surface area contributed by atoms with E-state index in [2.05, 4.69) is 36.7 Å². The summed E-state index contributed by atoms with van der Waals surface area (Å²) >= 11 is 1.68. The summed E-state index contributed by atoms with van der Waals surface area (Å²) in [5, 5.41) is 0.854. The number of aryl methyl sites for hydroxylation is 1. The molecular weight excluding hydrogens is 398 g/mol. The van der Waals surface area contributed by atoms with Crippen molar-refractivity contribution >= 4 is 27.5 Å². The van der Waals surface area contributed by atoms with Crippen LogP contribution in [0.25, 0.3) is 10.2 Å². The highest BCUT2D eigenvalue weighted by Crippen LogP contribution is 2.31. The molecule has 9 heteroatoms. The average molecular weight is 426 g/mol. The summed E-state index contributed by atoms with van der Waals surface area (Å²) in [5.74, 6) is 0.813. The molecule has 0 N–H and O–H groups in total.